The lowest BCUT2D eigenvalue weighted by atomic mass is 10.1. The van der Waals surface area contributed by atoms with Crippen LogP contribution in [0.5, 0.6) is 0 Å². The molecule has 3 nitrogen and oxygen atoms in total. The van der Waals surface area contributed by atoms with Gasteiger partial charge < -0.3 is 4.43 Å². The maximum absolute atomic E-state index is 5.58. The third kappa shape index (κ3) is 13.7. The van der Waals surface area contributed by atoms with E-state index in [1.54, 1.807) is 0 Å². The molecule has 0 aliphatic carbocycles. The first kappa shape index (κ1) is 21.3. The fraction of sp³-hybridized carbons (Fsp3) is 1.00. The van der Waals surface area contributed by atoms with Crippen LogP contribution in [0.2, 0.25) is 12.1 Å². The first-order valence-electron chi connectivity index (χ1n) is 8.40. The van der Waals surface area contributed by atoms with Crippen LogP contribution in [0.1, 0.15) is 52.4 Å². The molecule has 4 radical (unpaired) electrons. The third-order valence-electron chi connectivity index (χ3n) is 3.33. The molecule has 0 fully saturated rings. The van der Waals surface area contributed by atoms with E-state index in [-0.39, 0.29) is 0 Å². The van der Waals surface area contributed by atoms with E-state index < -0.39 is 0 Å². The van der Waals surface area contributed by atoms with Crippen molar-refractivity contribution in [3.05, 3.63) is 0 Å². The van der Waals surface area contributed by atoms with Crippen LogP contribution in [0, 0.1) is 0 Å². The minimum Gasteiger partial charge on any atom is -0.415 e. The molecule has 0 unspecified atom stereocenters. The Bertz CT molecular complexity index is 218. The lowest BCUT2D eigenvalue weighted by molar-refractivity contribution is 0.200. The molecule has 0 saturated carbocycles. The van der Waals surface area contributed by atoms with E-state index in [4.69, 9.17) is 4.43 Å². The van der Waals surface area contributed by atoms with Crippen molar-refractivity contribution in [1.29, 1.82) is 0 Å². The average molecular weight is 329 g/mol. The maximum atomic E-state index is 5.58. The lowest BCUT2D eigenvalue weighted by Gasteiger charge is -2.30. The summed E-state index contributed by atoms with van der Waals surface area (Å²) in [4.78, 5) is 4.66. The van der Waals surface area contributed by atoms with Gasteiger partial charge in [0, 0.05) is 11.9 Å². The topological polar surface area (TPSA) is 15.7 Å². The second kappa shape index (κ2) is 13.9. The van der Waals surface area contributed by atoms with Crippen molar-refractivity contribution in [2.45, 2.75) is 76.4 Å². The Morgan fingerprint density at radius 1 is 0.762 bits per heavy atom. The van der Waals surface area contributed by atoms with Gasteiger partial charge in [0.1, 0.15) is 0 Å². The van der Waals surface area contributed by atoms with Crippen LogP contribution in [-0.2, 0) is 4.43 Å². The summed E-state index contributed by atoms with van der Waals surface area (Å²) in [5.41, 5.74) is 0. The quantitative estimate of drug-likeness (QED) is 0.276. The molecule has 124 valence electrons. The Balaban J connectivity index is 3.29. The number of hydrogen-bond acceptors (Lipinski definition) is 3. The molecule has 0 amide bonds. The molecule has 0 bridgehead atoms. The van der Waals surface area contributed by atoms with E-state index in [0.717, 1.165) is 9.52 Å². The molecule has 0 aromatic heterocycles. The lowest BCUT2D eigenvalue weighted by Crippen LogP contribution is -2.44. The van der Waals surface area contributed by atoms with Crippen LogP contribution < -0.4 is 0 Å². The smallest absolute Gasteiger partial charge is 0.230 e. The molecule has 0 aromatic rings. The van der Waals surface area contributed by atoms with Gasteiger partial charge in [-0.2, -0.15) is 0 Å². The largest absolute Gasteiger partial charge is 0.415 e. The first-order chi connectivity index (χ1) is 9.95. The van der Waals surface area contributed by atoms with Crippen LogP contribution in [0.4, 0.5) is 0 Å². The van der Waals surface area contributed by atoms with Gasteiger partial charge in [-0.25, -0.2) is 0 Å². The SMILES string of the molecule is CC(C)O[Si]CCCCCCCC[Si]C(N(C)C)N(C)C. The predicted molar refractivity (Wildman–Crippen MR) is 96.2 cm³/mol. The van der Waals surface area contributed by atoms with Crippen LogP contribution in [0.25, 0.3) is 0 Å². The van der Waals surface area contributed by atoms with Gasteiger partial charge in [-0.1, -0.05) is 44.6 Å². The number of hydrogen-bond donors (Lipinski definition) is 0. The van der Waals surface area contributed by atoms with Crippen molar-refractivity contribution in [3.63, 3.8) is 0 Å². The molecule has 0 spiro atoms. The minimum absolute atomic E-state index is 0.400. The summed E-state index contributed by atoms with van der Waals surface area (Å²) >= 11 is 0. The molecule has 0 aliphatic heterocycles. The fourth-order valence-electron chi connectivity index (χ4n) is 2.31. The summed E-state index contributed by atoms with van der Waals surface area (Å²) in [6.45, 7) is 4.23. The van der Waals surface area contributed by atoms with Crippen molar-refractivity contribution in [2.75, 3.05) is 28.2 Å². The van der Waals surface area contributed by atoms with Gasteiger partial charge >= 0.3 is 0 Å². The highest BCUT2D eigenvalue weighted by atomic mass is 28.2. The molecule has 0 N–H and O–H groups in total. The fourth-order valence-corrected chi connectivity index (χ4v) is 4.60. The maximum Gasteiger partial charge on any atom is 0.230 e. The Morgan fingerprint density at radius 3 is 1.71 bits per heavy atom. The molecule has 0 atom stereocenters. The van der Waals surface area contributed by atoms with E-state index in [0.29, 0.717) is 21.7 Å². The molecule has 0 heterocycles. The van der Waals surface area contributed by atoms with Gasteiger partial charge in [-0.15, -0.1) is 0 Å². The van der Waals surface area contributed by atoms with Crippen molar-refractivity contribution in [1.82, 2.24) is 9.80 Å². The van der Waals surface area contributed by atoms with Crippen LogP contribution in [0.3, 0.4) is 0 Å². The summed E-state index contributed by atoms with van der Waals surface area (Å²) in [6.07, 6.45) is 8.75. The highest BCUT2D eigenvalue weighted by molar-refractivity contribution is 6.37. The Labute approximate surface area is 138 Å². The summed E-state index contributed by atoms with van der Waals surface area (Å²) in [5.74, 6) is 0.618. The standard InChI is InChI=1S/C16H36N2OSi2/c1-15(2)19-21-14-12-10-8-7-9-11-13-20-16(17(3)4)18(5)6/h15-16H,7-14H2,1-6H3. The van der Waals surface area contributed by atoms with Gasteiger partial charge in [0.2, 0.25) is 9.76 Å². The monoisotopic (exact) mass is 328 g/mol. The van der Waals surface area contributed by atoms with Gasteiger partial charge in [0.25, 0.3) is 0 Å². The van der Waals surface area contributed by atoms with E-state index in [1.165, 1.54) is 50.6 Å². The highest BCUT2D eigenvalue weighted by Crippen LogP contribution is 2.10. The van der Waals surface area contributed by atoms with Crippen molar-refractivity contribution in [3.8, 4) is 0 Å². The van der Waals surface area contributed by atoms with Gasteiger partial charge in [-0.3, -0.25) is 9.80 Å². The summed E-state index contributed by atoms with van der Waals surface area (Å²) in [6, 6.07) is 2.64. The molecule has 0 aromatic carbocycles. The molecular weight excluding hydrogens is 292 g/mol. The molecule has 21 heavy (non-hydrogen) atoms. The first-order valence-corrected chi connectivity index (χ1v) is 10.8. The Morgan fingerprint density at radius 2 is 1.24 bits per heavy atom. The number of nitrogens with zero attached hydrogens (tertiary/aromatic N) is 2. The molecule has 0 saturated heterocycles. The van der Waals surface area contributed by atoms with Crippen LogP contribution in [0.15, 0.2) is 0 Å². The van der Waals surface area contributed by atoms with Crippen molar-refractivity contribution < 1.29 is 4.43 Å². The number of unbranched alkanes of at least 4 members (excludes halogenated alkanes) is 5. The van der Waals surface area contributed by atoms with Gasteiger partial charge in [0.15, 0.2) is 0 Å². The Kier molecular flexibility index (Phi) is 14.1. The normalized spacial score (nSPS) is 12.3. The zero-order valence-electron chi connectivity index (χ0n) is 15.1. The van der Waals surface area contributed by atoms with Crippen molar-refractivity contribution >= 4 is 19.3 Å². The molecule has 0 aliphatic rings. The van der Waals surface area contributed by atoms with Crippen LogP contribution >= 0.6 is 0 Å². The van der Waals surface area contributed by atoms with E-state index in [1.807, 2.05) is 0 Å². The zero-order valence-corrected chi connectivity index (χ0v) is 17.1. The van der Waals surface area contributed by atoms with Crippen molar-refractivity contribution in [2.24, 2.45) is 0 Å². The van der Waals surface area contributed by atoms with Gasteiger partial charge in [-0.05, 0) is 48.1 Å². The van der Waals surface area contributed by atoms with E-state index in [9.17, 15) is 0 Å². The Hall–Kier alpha value is 0.314. The summed E-state index contributed by atoms with van der Waals surface area (Å²) in [7, 11) is 10.5. The minimum atomic E-state index is 0.400. The van der Waals surface area contributed by atoms with Crippen LogP contribution in [-0.4, -0.2) is 69.2 Å². The molecule has 5 heteroatoms. The average Bonchev–Trinajstić information content (AvgIpc) is 2.38. The zero-order chi connectivity index (χ0) is 16.1. The predicted octanol–water partition coefficient (Wildman–Crippen LogP) is 3.32. The van der Waals surface area contributed by atoms with E-state index >= 15 is 0 Å². The second-order valence-corrected chi connectivity index (χ2v) is 8.89. The third-order valence-corrected chi connectivity index (χ3v) is 6.57. The molecule has 0 rings (SSSR count). The van der Waals surface area contributed by atoms with E-state index in [2.05, 4.69) is 51.8 Å². The van der Waals surface area contributed by atoms with Gasteiger partial charge in [0.05, 0.1) is 9.52 Å². The molecular formula is C16H36N2OSi2. The highest BCUT2D eigenvalue weighted by Gasteiger charge is 2.13. The second-order valence-electron chi connectivity index (χ2n) is 6.44. The summed E-state index contributed by atoms with van der Waals surface area (Å²) in [5, 5.41) is 0. The number of rotatable bonds is 14. The summed E-state index contributed by atoms with van der Waals surface area (Å²) < 4.78 is 5.58.